The Labute approximate surface area is 96.1 Å². The third-order valence-electron chi connectivity index (χ3n) is 2.47. The maximum atomic E-state index is 11.2. The smallest absolute Gasteiger partial charge is 0.152 e. The second-order valence-corrected chi connectivity index (χ2v) is 5.14. The lowest BCUT2D eigenvalue weighted by atomic mass is 10.1. The highest BCUT2D eigenvalue weighted by molar-refractivity contribution is 7.90. The van der Waals surface area contributed by atoms with Crippen LogP contribution < -0.4 is 0 Å². The second-order valence-electron chi connectivity index (χ2n) is 3.76. The van der Waals surface area contributed by atoms with Gasteiger partial charge in [0.05, 0.1) is 0 Å². The van der Waals surface area contributed by atoms with Crippen molar-refractivity contribution in [2.45, 2.75) is 37.0 Å². The van der Waals surface area contributed by atoms with E-state index in [4.69, 9.17) is 0 Å². The molecule has 1 atom stereocenters. The van der Waals surface area contributed by atoms with E-state index in [-0.39, 0.29) is 0 Å². The van der Waals surface area contributed by atoms with Gasteiger partial charge in [-0.05, 0) is 41.7 Å². The van der Waals surface area contributed by atoms with Crippen molar-refractivity contribution in [3.8, 4) is 0 Å². The van der Waals surface area contributed by atoms with Gasteiger partial charge >= 0.3 is 0 Å². The van der Waals surface area contributed by atoms with Crippen LogP contribution in [0.1, 0.15) is 31.2 Å². The molecule has 1 aromatic rings. The first-order valence-corrected chi connectivity index (χ1v) is 7.01. The van der Waals surface area contributed by atoms with Crippen molar-refractivity contribution in [3.63, 3.8) is 0 Å². The fraction of sp³-hybridized carbons (Fsp3) is 0.462. The molecular weight excluding hydrogens is 204 g/mol. The van der Waals surface area contributed by atoms with Gasteiger partial charge in [0.25, 0.3) is 0 Å². The van der Waals surface area contributed by atoms with Gasteiger partial charge in [0.15, 0.2) is 4.90 Å². The zero-order valence-corrected chi connectivity index (χ0v) is 10.2. The molecule has 0 amide bonds. The van der Waals surface area contributed by atoms with Gasteiger partial charge in [-0.2, -0.15) is 0 Å². The number of rotatable bonds is 6. The van der Waals surface area contributed by atoms with E-state index >= 15 is 0 Å². The van der Waals surface area contributed by atoms with Crippen molar-refractivity contribution in [1.29, 1.82) is 0 Å². The molecule has 0 aliphatic carbocycles. The number of aryl methyl sites for hydroxylation is 1. The van der Waals surface area contributed by atoms with Gasteiger partial charge in [-0.25, -0.2) is 0 Å². The Morgan fingerprint density at radius 1 is 1.13 bits per heavy atom. The first kappa shape index (κ1) is 12.6. The summed E-state index contributed by atoms with van der Waals surface area (Å²) in [5.41, 5.74) is 1.34. The molecule has 0 aliphatic heterocycles. The van der Waals surface area contributed by atoms with Crippen LogP contribution in [0.3, 0.4) is 0 Å². The first-order chi connectivity index (χ1) is 7.24. The molecule has 0 bridgehead atoms. The molecule has 1 aromatic carbocycles. The van der Waals surface area contributed by atoms with E-state index in [0.29, 0.717) is 0 Å². The molecule has 0 spiro atoms. The van der Waals surface area contributed by atoms with E-state index in [1.807, 2.05) is 12.1 Å². The molecule has 0 N–H and O–H groups in total. The Balaban J connectivity index is 2.36. The van der Waals surface area contributed by atoms with E-state index < -0.39 is 11.2 Å². The summed E-state index contributed by atoms with van der Waals surface area (Å²) in [5.74, 6) is 0. The number of unbranched alkanes of at least 4 members (excludes halogenated alkanes) is 3. The molecule has 15 heavy (non-hydrogen) atoms. The lowest BCUT2D eigenvalue weighted by molar-refractivity contribution is 0.600. The van der Waals surface area contributed by atoms with E-state index in [0.717, 1.165) is 17.7 Å². The minimum atomic E-state index is -0.854. The highest BCUT2D eigenvalue weighted by atomic mass is 32.2. The zero-order chi connectivity index (χ0) is 11.1. The largest absolute Gasteiger partial charge is 0.612 e. The molecule has 0 fully saturated rings. The summed E-state index contributed by atoms with van der Waals surface area (Å²) in [6.45, 7) is 3.83. The summed E-state index contributed by atoms with van der Waals surface area (Å²) in [5, 5.41) is 0. The van der Waals surface area contributed by atoms with Crippen molar-refractivity contribution in [2.24, 2.45) is 0 Å². The summed E-state index contributed by atoms with van der Waals surface area (Å²) in [7, 11) is 0. The van der Waals surface area contributed by atoms with E-state index in [2.05, 4.69) is 19.1 Å². The van der Waals surface area contributed by atoms with Crippen LogP contribution in [0.5, 0.6) is 0 Å². The molecular formula is C13H19OS. The summed E-state index contributed by atoms with van der Waals surface area (Å²) >= 11 is -0.854. The Bertz CT molecular complexity index is 266. The predicted octanol–water partition coefficient (Wildman–Crippen LogP) is 3.36. The first-order valence-electron chi connectivity index (χ1n) is 5.45. The van der Waals surface area contributed by atoms with Crippen LogP contribution in [0.25, 0.3) is 0 Å². The van der Waals surface area contributed by atoms with E-state index in [9.17, 15) is 4.55 Å². The molecule has 1 rings (SSSR count). The van der Waals surface area contributed by atoms with Crippen LogP contribution in [0.15, 0.2) is 29.2 Å². The predicted molar refractivity (Wildman–Crippen MR) is 66.3 cm³/mol. The number of hydrogen-bond donors (Lipinski definition) is 0. The van der Waals surface area contributed by atoms with Crippen LogP contribution in [-0.2, 0) is 17.6 Å². The van der Waals surface area contributed by atoms with Gasteiger partial charge in [0, 0.05) is 0 Å². The summed E-state index contributed by atoms with van der Waals surface area (Å²) in [4.78, 5) is 0.913. The number of benzene rings is 1. The van der Waals surface area contributed by atoms with Crippen LogP contribution in [0.2, 0.25) is 0 Å². The maximum absolute atomic E-state index is 11.2. The highest BCUT2D eigenvalue weighted by Crippen LogP contribution is 2.12. The summed E-state index contributed by atoms with van der Waals surface area (Å²) in [6.07, 6.45) is 7.57. The quantitative estimate of drug-likeness (QED) is 0.535. The van der Waals surface area contributed by atoms with Crippen molar-refractivity contribution < 1.29 is 4.55 Å². The van der Waals surface area contributed by atoms with Gasteiger partial charge in [0.1, 0.15) is 6.26 Å². The Kier molecular flexibility index (Phi) is 5.81. The average Bonchev–Trinajstić information content (AvgIpc) is 2.25. The molecule has 0 saturated heterocycles. The molecule has 0 aliphatic rings. The Morgan fingerprint density at radius 3 is 2.33 bits per heavy atom. The standard InChI is InChI=1S/C13H19OS/c1-3-4-5-6-7-12-8-10-13(11-9-12)15(2)14/h8-11H,1,3-7H2,2H3. The average molecular weight is 223 g/mol. The fourth-order valence-corrected chi connectivity index (χ4v) is 2.05. The minimum absolute atomic E-state index is 0.854. The Hall–Kier alpha value is -0.470. The van der Waals surface area contributed by atoms with Gasteiger partial charge < -0.3 is 4.55 Å². The lowest BCUT2D eigenvalue weighted by Crippen LogP contribution is -1.97. The molecule has 1 nitrogen and oxygen atoms in total. The maximum Gasteiger partial charge on any atom is 0.152 e. The molecule has 1 unspecified atom stereocenters. The van der Waals surface area contributed by atoms with E-state index in [1.165, 1.54) is 24.8 Å². The van der Waals surface area contributed by atoms with Crippen molar-refractivity contribution >= 4 is 11.2 Å². The third kappa shape index (κ3) is 4.72. The fourth-order valence-electron chi connectivity index (χ4n) is 1.53. The molecule has 2 heteroatoms. The monoisotopic (exact) mass is 223 g/mol. The number of hydrogen-bond acceptors (Lipinski definition) is 1. The normalized spacial score (nSPS) is 12.7. The molecule has 83 valence electrons. The van der Waals surface area contributed by atoms with Gasteiger partial charge in [-0.15, -0.1) is 0 Å². The van der Waals surface area contributed by atoms with Crippen LogP contribution in [0, 0.1) is 6.92 Å². The van der Waals surface area contributed by atoms with E-state index in [1.54, 1.807) is 6.26 Å². The lowest BCUT2D eigenvalue weighted by Gasteiger charge is -2.05. The summed E-state index contributed by atoms with van der Waals surface area (Å²) < 4.78 is 11.2. The van der Waals surface area contributed by atoms with Crippen molar-refractivity contribution in [1.82, 2.24) is 0 Å². The van der Waals surface area contributed by atoms with Gasteiger partial charge in [0.2, 0.25) is 0 Å². The molecule has 1 radical (unpaired) electrons. The second kappa shape index (κ2) is 6.91. The molecule has 0 aromatic heterocycles. The SMILES string of the molecule is [CH2]CCCCCc1ccc([S+](C)[O-])cc1. The zero-order valence-electron chi connectivity index (χ0n) is 9.37. The van der Waals surface area contributed by atoms with Crippen molar-refractivity contribution in [3.05, 3.63) is 36.8 Å². The van der Waals surface area contributed by atoms with Crippen molar-refractivity contribution in [2.75, 3.05) is 6.26 Å². The third-order valence-corrected chi connectivity index (χ3v) is 3.41. The van der Waals surface area contributed by atoms with Crippen LogP contribution in [-0.4, -0.2) is 10.8 Å². The van der Waals surface area contributed by atoms with Crippen LogP contribution in [0.4, 0.5) is 0 Å². The van der Waals surface area contributed by atoms with Gasteiger partial charge in [-0.1, -0.05) is 38.3 Å². The topological polar surface area (TPSA) is 23.1 Å². The van der Waals surface area contributed by atoms with Crippen LogP contribution >= 0.6 is 0 Å². The van der Waals surface area contributed by atoms with Gasteiger partial charge in [-0.3, -0.25) is 0 Å². The molecule has 0 saturated carbocycles. The highest BCUT2D eigenvalue weighted by Gasteiger charge is 2.02. The summed E-state index contributed by atoms with van der Waals surface area (Å²) in [6, 6.07) is 8.10. The Morgan fingerprint density at radius 2 is 1.80 bits per heavy atom. The molecule has 0 heterocycles. The minimum Gasteiger partial charge on any atom is -0.612 e.